The zero-order chi connectivity index (χ0) is 15.9. The molecular formula is C17H18FN3O. The Labute approximate surface area is 129 Å². The van der Waals surface area contributed by atoms with Gasteiger partial charge in [0.2, 0.25) is 0 Å². The molecule has 2 rings (SSSR count). The molecule has 0 spiro atoms. The number of nitrogens with zero attached hydrogens (tertiary/aromatic N) is 1. The smallest absolute Gasteiger partial charge is 0.262 e. The fourth-order valence-electron chi connectivity index (χ4n) is 1.85. The van der Waals surface area contributed by atoms with E-state index in [0.29, 0.717) is 5.56 Å². The molecule has 0 aliphatic carbocycles. The van der Waals surface area contributed by atoms with Crippen LogP contribution in [-0.2, 0) is 4.79 Å². The minimum atomic E-state index is -0.425. The summed E-state index contributed by atoms with van der Waals surface area (Å²) in [7, 11) is 0. The van der Waals surface area contributed by atoms with Gasteiger partial charge in [-0.3, -0.25) is 4.79 Å². The molecular weight excluding hydrogens is 281 g/mol. The van der Waals surface area contributed by atoms with Crippen molar-refractivity contribution in [3.8, 4) is 0 Å². The Balaban J connectivity index is 1.89. The van der Waals surface area contributed by atoms with Crippen molar-refractivity contribution in [2.75, 3.05) is 5.32 Å². The van der Waals surface area contributed by atoms with Crippen LogP contribution in [0.2, 0.25) is 0 Å². The van der Waals surface area contributed by atoms with Gasteiger partial charge in [-0.15, -0.1) is 0 Å². The lowest BCUT2D eigenvalue weighted by molar-refractivity contribution is -0.121. The van der Waals surface area contributed by atoms with Crippen LogP contribution in [0.15, 0.2) is 53.6 Å². The Bertz CT molecular complexity index is 668. The highest BCUT2D eigenvalue weighted by Gasteiger charge is 2.12. The SMILES string of the molecule is Cc1ccccc1N[C@@H](C)C(=O)N/N=C\c1ccc(F)cc1. The highest BCUT2D eigenvalue weighted by molar-refractivity contribution is 5.86. The van der Waals surface area contributed by atoms with Gasteiger partial charge in [0, 0.05) is 5.69 Å². The average molecular weight is 299 g/mol. The van der Waals surface area contributed by atoms with Crippen molar-refractivity contribution in [3.05, 3.63) is 65.5 Å². The normalized spacial score (nSPS) is 12.1. The van der Waals surface area contributed by atoms with E-state index in [1.54, 1.807) is 19.1 Å². The van der Waals surface area contributed by atoms with Gasteiger partial charge in [0.15, 0.2) is 0 Å². The number of halogens is 1. The van der Waals surface area contributed by atoms with Crippen molar-refractivity contribution >= 4 is 17.8 Å². The molecule has 0 aromatic heterocycles. The topological polar surface area (TPSA) is 53.5 Å². The summed E-state index contributed by atoms with van der Waals surface area (Å²) >= 11 is 0. The summed E-state index contributed by atoms with van der Waals surface area (Å²) in [6.07, 6.45) is 1.47. The van der Waals surface area contributed by atoms with Gasteiger partial charge in [-0.05, 0) is 43.2 Å². The van der Waals surface area contributed by atoms with E-state index in [9.17, 15) is 9.18 Å². The van der Waals surface area contributed by atoms with E-state index in [-0.39, 0.29) is 11.7 Å². The molecule has 4 nitrogen and oxygen atoms in total. The van der Waals surface area contributed by atoms with Gasteiger partial charge >= 0.3 is 0 Å². The number of carbonyl (C=O) groups excluding carboxylic acids is 1. The fraction of sp³-hybridized carbons (Fsp3) is 0.176. The number of hydrogen-bond acceptors (Lipinski definition) is 3. The summed E-state index contributed by atoms with van der Waals surface area (Å²) in [4.78, 5) is 12.0. The van der Waals surface area contributed by atoms with Crippen LogP contribution in [0.5, 0.6) is 0 Å². The molecule has 0 saturated heterocycles. The molecule has 5 heteroatoms. The number of anilines is 1. The molecule has 2 aromatic carbocycles. The van der Waals surface area contributed by atoms with Crippen molar-refractivity contribution in [1.29, 1.82) is 0 Å². The van der Waals surface area contributed by atoms with Crippen LogP contribution in [0.3, 0.4) is 0 Å². The van der Waals surface area contributed by atoms with Gasteiger partial charge in [-0.25, -0.2) is 9.82 Å². The predicted octanol–water partition coefficient (Wildman–Crippen LogP) is 3.08. The van der Waals surface area contributed by atoms with Crippen molar-refractivity contribution < 1.29 is 9.18 Å². The van der Waals surface area contributed by atoms with E-state index in [4.69, 9.17) is 0 Å². The van der Waals surface area contributed by atoms with E-state index in [2.05, 4.69) is 15.8 Å². The molecule has 22 heavy (non-hydrogen) atoms. The number of aryl methyl sites for hydroxylation is 1. The monoisotopic (exact) mass is 299 g/mol. The fourth-order valence-corrected chi connectivity index (χ4v) is 1.85. The Morgan fingerprint density at radius 1 is 1.18 bits per heavy atom. The third kappa shape index (κ3) is 4.41. The molecule has 0 bridgehead atoms. The van der Waals surface area contributed by atoms with Crippen LogP contribution < -0.4 is 10.7 Å². The Kier molecular flexibility index (Phi) is 5.25. The van der Waals surface area contributed by atoms with Gasteiger partial charge in [-0.1, -0.05) is 30.3 Å². The molecule has 2 N–H and O–H groups in total. The number of rotatable bonds is 5. The number of hydrogen-bond donors (Lipinski definition) is 2. The summed E-state index contributed by atoms with van der Waals surface area (Å²) in [5.41, 5.74) is 5.15. The second-order valence-electron chi connectivity index (χ2n) is 4.97. The number of amides is 1. The van der Waals surface area contributed by atoms with Gasteiger partial charge in [0.05, 0.1) is 6.21 Å². The summed E-state index contributed by atoms with van der Waals surface area (Å²) in [5, 5.41) is 7.00. The van der Waals surface area contributed by atoms with E-state index in [1.165, 1.54) is 18.3 Å². The van der Waals surface area contributed by atoms with Crippen LogP contribution in [0.1, 0.15) is 18.1 Å². The first-order valence-electron chi connectivity index (χ1n) is 6.97. The molecule has 0 fully saturated rings. The van der Waals surface area contributed by atoms with Crippen molar-refractivity contribution in [1.82, 2.24) is 5.43 Å². The van der Waals surface area contributed by atoms with Gasteiger partial charge in [0.1, 0.15) is 11.9 Å². The first-order chi connectivity index (χ1) is 10.6. The standard InChI is InChI=1S/C17H18FN3O/c1-12-5-3-4-6-16(12)20-13(2)17(22)21-19-11-14-7-9-15(18)10-8-14/h3-11,13,20H,1-2H3,(H,21,22)/b19-11-/t13-/m0/s1. The zero-order valence-corrected chi connectivity index (χ0v) is 12.5. The highest BCUT2D eigenvalue weighted by Crippen LogP contribution is 2.14. The molecule has 0 saturated carbocycles. The number of hydrazone groups is 1. The summed E-state index contributed by atoms with van der Waals surface area (Å²) in [5.74, 6) is -0.557. The second-order valence-corrected chi connectivity index (χ2v) is 4.97. The van der Waals surface area contributed by atoms with Crippen LogP contribution >= 0.6 is 0 Å². The van der Waals surface area contributed by atoms with E-state index >= 15 is 0 Å². The molecule has 2 aromatic rings. The van der Waals surface area contributed by atoms with Gasteiger partial charge in [-0.2, -0.15) is 5.10 Å². The summed E-state index contributed by atoms with van der Waals surface area (Å²) < 4.78 is 12.8. The molecule has 0 heterocycles. The van der Waals surface area contributed by atoms with E-state index < -0.39 is 6.04 Å². The van der Waals surface area contributed by atoms with Crippen LogP contribution in [0.4, 0.5) is 10.1 Å². The molecule has 0 unspecified atom stereocenters. The molecule has 114 valence electrons. The average Bonchev–Trinajstić information content (AvgIpc) is 2.51. The first-order valence-corrected chi connectivity index (χ1v) is 6.97. The highest BCUT2D eigenvalue weighted by atomic mass is 19.1. The largest absolute Gasteiger partial charge is 0.374 e. The maximum absolute atomic E-state index is 12.8. The second kappa shape index (κ2) is 7.36. The Morgan fingerprint density at radius 2 is 1.86 bits per heavy atom. The maximum Gasteiger partial charge on any atom is 0.262 e. The number of para-hydroxylation sites is 1. The summed E-state index contributed by atoms with van der Waals surface area (Å²) in [6.45, 7) is 3.73. The third-order valence-electron chi connectivity index (χ3n) is 3.17. The molecule has 1 atom stereocenters. The number of nitrogens with one attached hydrogen (secondary N) is 2. The third-order valence-corrected chi connectivity index (χ3v) is 3.17. The Hall–Kier alpha value is -2.69. The molecule has 0 aliphatic heterocycles. The zero-order valence-electron chi connectivity index (χ0n) is 12.5. The molecule has 1 amide bonds. The first kappa shape index (κ1) is 15.7. The van der Waals surface area contributed by atoms with Crippen molar-refractivity contribution in [2.24, 2.45) is 5.10 Å². The number of carbonyl (C=O) groups is 1. The minimum Gasteiger partial charge on any atom is -0.374 e. The lowest BCUT2D eigenvalue weighted by atomic mass is 10.2. The molecule has 0 radical (unpaired) electrons. The van der Waals surface area contributed by atoms with Gasteiger partial charge in [0.25, 0.3) is 5.91 Å². The Morgan fingerprint density at radius 3 is 2.55 bits per heavy atom. The van der Waals surface area contributed by atoms with Crippen LogP contribution in [-0.4, -0.2) is 18.2 Å². The predicted molar refractivity (Wildman–Crippen MR) is 86.4 cm³/mol. The van der Waals surface area contributed by atoms with E-state index in [1.807, 2.05) is 31.2 Å². The lowest BCUT2D eigenvalue weighted by Crippen LogP contribution is -2.35. The minimum absolute atomic E-state index is 0.249. The van der Waals surface area contributed by atoms with Gasteiger partial charge < -0.3 is 5.32 Å². The quantitative estimate of drug-likeness (QED) is 0.658. The van der Waals surface area contributed by atoms with E-state index in [0.717, 1.165) is 11.3 Å². The molecule has 0 aliphatic rings. The van der Waals surface area contributed by atoms with Crippen LogP contribution in [0.25, 0.3) is 0 Å². The number of benzene rings is 2. The van der Waals surface area contributed by atoms with Crippen molar-refractivity contribution in [2.45, 2.75) is 19.9 Å². The van der Waals surface area contributed by atoms with Crippen molar-refractivity contribution in [3.63, 3.8) is 0 Å². The maximum atomic E-state index is 12.8. The summed E-state index contributed by atoms with van der Waals surface area (Å²) in [6, 6.07) is 13.2. The lowest BCUT2D eigenvalue weighted by Gasteiger charge is -2.15. The van der Waals surface area contributed by atoms with Crippen LogP contribution in [0, 0.1) is 12.7 Å².